The number of thiazole rings is 1. The zero-order chi connectivity index (χ0) is 14.8. The summed E-state index contributed by atoms with van der Waals surface area (Å²) in [4.78, 5) is 15.1. The first-order valence-corrected chi connectivity index (χ1v) is 7.17. The van der Waals surface area contributed by atoms with E-state index in [2.05, 4.69) is 4.98 Å². The number of rotatable bonds is 4. The van der Waals surface area contributed by atoms with E-state index in [0.717, 1.165) is 20.8 Å². The van der Waals surface area contributed by atoms with Crippen LogP contribution in [-0.4, -0.2) is 9.91 Å². The second-order valence-corrected chi connectivity index (χ2v) is 5.71. The van der Waals surface area contributed by atoms with E-state index < -0.39 is 4.92 Å². The Morgan fingerprint density at radius 1 is 1.29 bits per heavy atom. The molecule has 6 heteroatoms. The number of fused-ring (bicyclic) bond motifs is 1. The summed E-state index contributed by atoms with van der Waals surface area (Å²) in [5.41, 5.74) is 1.73. The van der Waals surface area contributed by atoms with Crippen LogP contribution in [0.1, 0.15) is 10.6 Å². The standard InChI is InChI=1S/C15H12N2O3S/c1-10-6-7-13(12(8-10)17(18)19)20-9-15-16-11-4-2-3-5-14(11)21-15/h2-8H,9H2,1H3. The number of ether oxygens (including phenoxy) is 1. The molecule has 1 aromatic heterocycles. The molecule has 21 heavy (non-hydrogen) atoms. The minimum Gasteiger partial charge on any atom is -0.479 e. The van der Waals surface area contributed by atoms with E-state index in [-0.39, 0.29) is 18.0 Å². The molecule has 3 rings (SSSR count). The second-order valence-electron chi connectivity index (χ2n) is 4.59. The van der Waals surface area contributed by atoms with E-state index in [1.54, 1.807) is 12.1 Å². The van der Waals surface area contributed by atoms with Crippen LogP contribution >= 0.6 is 11.3 Å². The predicted octanol–water partition coefficient (Wildman–Crippen LogP) is 4.09. The Morgan fingerprint density at radius 2 is 2.10 bits per heavy atom. The molecule has 0 saturated heterocycles. The monoisotopic (exact) mass is 300 g/mol. The normalized spacial score (nSPS) is 10.7. The van der Waals surface area contributed by atoms with Crippen molar-refractivity contribution < 1.29 is 9.66 Å². The number of aryl methyl sites for hydroxylation is 1. The van der Waals surface area contributed by atoms with Gasteiger partial charge < -0.3 is 4.74 Å². The highest BCUT2D eigenvalue weighted by molar-refractivity contribution is 7.18. The van der Waals surface area contributed by atoms with Crippen LogP contribution in [0.25, 0.3) is 10.2 Å². The van der Waals surface area contributed by atoms with Gasteiger partial charge in [-0.2, -0.15) is 0 Å². The maximum atomic E-state index is 11.0. The van der Waals surface area contributed by atoms with Gasteiger partial charge in [0.25, 0.3) is 0 Å². The lowest BCUT2D eigenvalue weighted by Crippen LogP contribution is -1.99. The summed E-state index contributed by atoms with van der Waals surface area (Å²) in [6, 6.07) is 12.7. The highest BCUT2D eigenvalue weighted by Crippen LogP contribution is 2.29. The quantitative estimate of drug-likeness (QED) is 0.537. The lowest BCUT2D eigenvalue weighted by Gasteiger charge is -2.05. The van der Waals surface area contributed by atoms with Gasteiger partial charge in [0.15, 0.2) is 5.75 Å². The van der Waals surface area contributed by atoms with Gasteiger partial charge in [-0.3, -0.25) is 10.1 Å². The number of nitro benzene ring substituents is 1. The van der Waals surface area contributed by atoms with Crippen molar-refractivity contribution in [3.8, 4) is 5.75 Å². The molecule has 3 aromatic rings. The average molecular weight is 300 g/mol. The number of para-hydroxylation sites is 1. The minimum absolute atomic E-state index is 0.0175. The van der Waals surface area contributed by atoms with Crippen LogP contribution in [-0.2, 0) is 6.61 Å². The number of nitrogens with zero attached hydrogens (tertiary/aromatic N) is 2. The van der Waals surface area contributed by atoms with Gasteiger partial charge in [-0.1, -0.05) is 18.2 Å². The fourth-order valence-corrected chi connectivity index (χ4v) is 2.89. The van der Waals surface area contributed by atoms with Gasteiger partial charge in [-0.05, 0) is 30.7 Å². The Hall–Kier alpha value is -2.47. The van der Waals surface area contributed by atoms with Gasteiger partial charge in [0.2, 0.25) is 0 Å². The van der Waals surface area contributed by atoms with Crippen molar-refractivity contribution in [3.05, 3.63) is 63.1 Å². The summed E-state index contributed by atoms with van der Waals surface area (Å²) in [5.74, 6) is 0.268. The van der Waals surface area contributed by atoms with Crippen LogP contribution in [0.2, 0.25) is 0 Å². The van der Waals surface area contributed by atoms with Crippen LogP contribution in [0, 0.1) is 17.0 Å². The van der Waals surface area contributed by atoms with Crippen molar-refractivity contribution in [2.24, 2.45) is 0 Å². The Morgan fingerprint density at radius 3 is 2.86 bits per heavy atom. The number of nitro groups is 1. The molecule has 0 saturated carbocycles. The van der Waals surface area contributed by atoms with Gasteiger partial charge >= 0.3 is 5.69 Å². The molecule has 2 aromatic carbocycles. The number of aromatic nitrogens is 1. The van der Waals surface area contributed by atoms with Gasteiger partial charge in [-0.25, -0.2) is 4.98 Å². The average Bonchev–Trinajstić information content (AvgIpc) is 2.88. The first kappa shape index (κ1) is 13.5. The van der Waals surface area contributed by atoms with E-state index in [0.29, 0.717) is 0 Å². The van der Waals surface area contributed by atoms with Crippen LogP contribution < -0.4 is 4.74 Å². The summed E-state index contributed by atoms with van der Waals surface area (Å²) < 4.78 is 6.65. The van der Waals surface area contributed by atoms with E-state index in [1.165, 1.54) is 17.4 Å². The zero-order valence-electron chi connectivity index (χ0n) is 11.3. The summed E-state index contributed by atoms with van der Waals surface area (Å²) in [5, 5.41) is 11.8. The van der Waals surface area contributed by atoms with E-state index >= 15 is 0 Å². The molecule has 5 nitrogen and oxygen atoms in total. The largest absolute Gasteiger partial charge is 0.479 e. The maximum Gasteiger partial charge on any atom is 0.311 e. The Labute approximate surface area is 125 Å². The molecule has 0 N–H and O–H groups in total. The van der Waals surface area contributed by atoms with Gasteiger partial charge in [0, 0.05) is 6.07 Å². The molecular formula is C15H12N2O3S. The third kappa shape index (κ3) is 2.85. The third-order valence-electron chi connectivity index (χ3n) is 3.00. The van der Waals surface area contributed by atoms with Crippen molar-refractivity contribution in [2.75, 3.05) is 0 Å². The van der Waals surface area contributed by atoms with Gasteiger partial charge in [-0.15, -0.1) is 11.3 Å². The summed E-state index contributed by atoms with van der Waals surface area (Å²) >= 11 is 1.53. The third-order valence-corrected chi connectivity index (χ3v) is 4.01. The highest BCUT2D eigenvalue weighted by Gasteiger charge is 2.15. The second kappa shape index (κ2) is 5.49. The summed E-state index contributed by atoms with van der Waals surface area (Å²) in [6.07, 6.45) is 0. The first-order chi connectivity index (χ1) is 10.1. The molecule has 0 fully saturated rings. The highest BCUT2D eigenvalue weighted by atomic mass is 32.1. The molecule has 1 heterocycles. The van der Waals surface area contributed by atoms with E-state index in [4.69, 9.17) is 4.74 Å². The molecule has 106 valence electrons. The SMILES string of the molecule is Cc1ccc(OCc2nc3ccccc3s2)c([N+](=O)[O-])c1. The van der Waals surface area contributed by atoms with Crippen molar-refractivity contribution in [3.63, 3.8) is 0 Å². The molecule has 0 aliphatic heterocycles. The molecule has 0 atom stereocenters. The van der Waals surface area contributed by atoms with Gasteiger partial charge in [0.1, 0.15) is 11.6 Å². The lowest BCUT2D eigenvalue weighted by molar-refractivity contribution is -0.386. The Balaban J connectivity index is 1.83. The topological polar surface area (TPSA) is 65.3 Å². The van der Waals surface area contributed by atoms with Crippen LogP contribution in [0.15, 0.2) is 42.5 Å². The van der Waals surface area contributed by atoms with Crippen molar-refractivity contribution in [1.82, 2.24) is 4.98 Å². The Kier molecular flexibility index (Phi) is 3.53. The molecule has 0 aliphatic carbocycles. The first-order valence-electron chi connectivity index (χ1n) is 6.36. The molecular weight excluding hydrogens is 288 g/mol. The summed E-state index contributed by atoms with van der Waals surface area (Å²) in [7, 11) is 0. The van der Waals surface area contributed by atoms with Gasteiger partial charge in [0.05, 0.1) is 15.1 Å². The van der Waals surface area contributed by atoms with Crippen LogP contribution in [0.5, 0.6) is 5.75 Å². The maximum absolute atomic E-state index is 11.0. The zero-order valence-corrected chi connectivity index (χ0v) is 12.1. The fourth-order valence-electron chi connectivity index (χ4n) is 2.01. The number of hydrogen-bond acceptors (Lipinski definition) is 5. The number of hydrogen-bond donors (Lipinski definition) is 0. The van der Waals surface area contributed by atoms with E-state index in [1.807, 2.05) is 31.2 Å². The lowest BCUT2D eigenvalue weighted by atomic mass is 10.2. The van der Waals surface area contributed by atoms with Crippen molar-refractivity contribution >= 4 is 27.2 Å². The molecule has 0 bridgehead atoms. The Bertz CT molecular complexity index is 781. The van der Waals surface area contributed by atoms with Crippen molar-refractivity contribution in [2.45, 2.75) is 13.5 Å². The van der Waals surface area contributed by atoms with Crippen molar-refractivity contribution in [1.29, 1.82) is 0 Å². The minimum atomic E-state index is -0.430. The smallest absolute Gasteiger partial charge is 0.311 e. The molecule has 0 radical (unpaired) electrons. The summed E-state index contributed by atoms with van der Waals surface area (Å²) in [6.45, 7) is 2.04. The molecule has 0 unspecified atom stereocenters. The predicted molar refractivity (Wildman–Crippen MR) is 81.8 cm³/mol. The molecule has 0 amide bonds. The molecule has 0 aliphatic rings. The van der Waals surface area contributed by atoms with Crippen LogP contribution in [0.3, 0.4) is 0 Å². The van der Waals surface area contributed by atoms with Crippen LogP contribution in [0.4, 0.5) is 5.69 Å². The molecule has 0 spiro atoms. The van der Waals surface area contributed by atoms with E-state index in [9.17, 15) is 10.1 Å². The fraction of sp³-hybridized carbons (Fsp3) is 0.133. The number of benzene rings is 2.